The Hall–Kier alpha value is -0.820. The Morgan fingerprint density at radius 2 is 1.69 bits per heavy atom. The number of nitrogens with one attached hydrogen (secondary N) is 2. The van der Waals surface area contributed by atoms with Crippen LogP contribution in [0.2, 0.25) is 0 Å². The summed E-state index contributed by atoms with van der Waals surface area (Å²) in [5.41, 5.74) is 1.47. The van der Waals surface area contributed by atoms with Gasteiger partial charge in [0.2, 0.25) is 0 Å². The van der Waals surface area contributed by atoms with E-state index in [0.717, 1.165) is 57.6 Å². The van der Waals surface area contributed by atoms with Crippen molar-refractivity contribution in [2.45, 2.75) is 76.9 Å². The molecule has 1 aliphatic carbocycles. The van der Waals surface area contributed by atoms with Crippen LogP contribution in [0.25, 0.3) is 0 Å². The van der Waals surface area contributed by atoms with Gasteiger partial charge in [0, 0.05) is 18.0 Å². The maximum atomic E-state index is 9.69. The van der Waals surface area contributed by atoms with E-state index in [1.165, 1.54) is 5.56 Å². The van der Waals surface area contributed by atoms with E-state index < -0.39 is 0 Å². The van der Waals surface area contributed by atoms with Gasteiger partial charge >= 0.3 is 0 Å². The van der Waals surface area contributed by atoms with Crippen LogP contribution in [0.5, 0.6) is 0 Å². The van der Waals surface area contributed by atoms with E-state index in [1.807, 2.05) is 0 Å². The summed E-state index contributed by atoms with van der Waals surface area (Å²) in [6.07, 6.45) is 5.82. The number of hydrogen-bond acceptors (Lipinski definition) is 2. The third-order valence-corrected chi connectivity index (χ3v) is 5.66. The molecule has 0 heterocycles. The predicted molar refractivity (Wildman–Crippen MR) is 121 cm³/mol. The first kappa shape index (κ1) is 23.2. The number of rotatable bonds is 7. The number of aliphatic hydroxyl groups is 1. The number of hydrogen-bond donors (Lipinski definition) is 3. The van der Waals surface area contributed by atoms with Crippen molar-refractivity contribution in [1.82, 2.24) is 10.6 Å². The van der Waals surface area contributed by atoms with Crippen LogP contribution in [0.3, 0.4) is 0 Å². The summed E-state index contributed by atoms with van der Waals surface area (Å²) >= 11 is 0. The lowest BCUT2D eigenvalue weighted by molar-refractivity contribution is 0.120. The molecule has 2 rings (SSSR count). The molecule has 0 bridgehead atoms. The van der Waals surface area contributed by atoms with Gasteiger partial charge in [0.1, 0.15) is 0 Å². The number of guanidine groups is 1. The molecule has 4 nitrogen and oxygen atoms in total. The number of halogens is 1. The molecule has 1 aliphatic rings. The summed E-state index contributed by atoms with van der Waals surface area (Å²) in [6.45, 7) is 8.27. The molecule has 0 radical (unpaired) electrons. The van der Waals surface area contributed by atoms with E-state index in [-0.39, 0.29) is 35.5 Å². The zero-order valence-corrected chi connectivity index (χ0v) is 18.8. The van der Waals surface area contributed by atoms with Gasteiger partial charge in [0.05, 0.1) is 12.6 Å². The van der Waals surface area contributed by atoms with E-state index in [9.17, 15) is 5.11 Å². The third-order valence-electron chi connectivity index (χ3n) is 5.66. The maximum absolute atomic E-state index is 9.69. The SMILES string of the molecule is CCNC(=NCC(CC)(CC)c1ccccc1)NC1CCC(O)CC1.I. The summed E-state index contributed by atoms with van der Waals surface area (Å²) < 4.78 is 0. The van der Waals surface area contributed by atoms with Crippen molar-refractivity contribution in [3.63, 3.8) is 0 Å². The Bertz CT molecular complexity index is 523. The monoisotopic (exact) mass is 473 g/mol. The molecule has 5 heteroatoms. The number of aliphatic hydroxyl groups excluding tert-OH is 1. The molecular formula is C21H36IN3O. The van der Waals surface area contributed by atoms with Gasteiger partial charge < -0.3 is 15.7 Å². The molecule has 148 valence electrons. The minimum absolute atomic E-state index is 0. The fourth-order valence-corrected chi connectivity index (χ4v) is 3.73. The quantitative estimate of drug-likeness (QED) is 0.316. The zero-order chi connectivity index (χ0) is 18.1. The van der Waals surface area contributed by atoms with Gasteiger partial charge in [-0.25, -0.2) is 0 Å². The van der Waals surface area contributed by atoms with Gasteiger partial charge in [0.15, 0.2) is 5.96 Å². The Kier molecular flexibility index (Phi) is 10.5. The predicted octanol–water partition coefficient (Wildman–Crippen LogP) is 4.22. The maximum Gasteiger partial charge on any atom is 0.191 e. The van der Waals surface area contributed by atoms with Gasteiger partial charge in [-0.1, -0.05) is 44.2 Å². The summed E-state index contributed by atoms with van der Waals surface area (Å²) in [7, 11) is 0. The van der Waals surface area contributed by atoms with Gasteiger partial charge in [0.25, 0.3) is 0 Å². The van der Waals surface area contributed by atoms with Crippen LogP contribution in [0.4, 0.5) is 0 Å². The Balaban J connectivity index is 0.00000338. The van der Waals surface area contributed by atoms with E-state index in [0.29, 0.717) is 6.04 Å². The molecule has 0 spiro atoms. The van der Waals surface area contributed by atoms with Crippen LogP contribution in [-0.4, -0.2) is 36.3 Å². The summed E-state index contributed by atoms with van der Waals surface area (Å²) in [5.74, 6) is 0.908. The molecular weight excluding hydrogens is 437 g/mol. The molecule has 0 atom stereocenters. The highest BCUT2D eigenvalue weighted by Crippen LogP contribution is 2.32. The first-order valence-corrected chi connectivity index (χ1v) is 9.92. The highest BCUT2D eigenvalue weighted by molar-refractivity contribution is 14.0. The van der Waals surface area contributed by atoms with Gasteiger partial charge in [-0.15, -0.1) is 24.0 Å². The molecule has 1 fully saturated rings. The van der Waals surface area contributed by atoms with Crippen LogP contribution in [0.15, 0.2) is 35.3 Å². The van der Waals surface area contributed by atoms with Gasteiger partial charge in [-0.3, -0.25) is 4.99 Å². The first-order chi connectivity index (χ1) is 12.1. The van der Waals surface area contributed by atoms with E-state index >= 15 is 0 Å². The average Bonchev–Trinajstić information content (AvgIpc) is 2.66. The van der Waals surface area contributed by atoms with E-state index in [1.54, 1.807) is 0 Å². The number of nitrogens with zero attached hydrogens (tertiary/aromatic N) is 1. The highest BCUT2D eigenvalue weighted by atomic mass is 127. The van der Waals surface area contributed by atoms with E-state index in [2.05, 4.69) is 61.7 Å². The first-order valence-electron chi connectivity index (χ1n) is 9.92. The lowest BCUT2D eigenvalue weighted by atomic mass is 9.76. The molecule has 0 saturated heterocycles. The molecule has 1 aromatic rings. The van der Waals surface area contributed by atoms with Crippen LogP contribution in [0, 0.1) is 0 Å². The summed E-state index contributed by atoms with van der Waals surface area (Å²) in [4.78, 5) is 4.95. The Morgan fingerprint density at radius 1 is 1.08 bits per heavy atom. The van der Waals surface area contributed by atoms with Crippen molar-refractivity contribution in [2.75, 3.05) is 13.1 Å². The smallest absolute Gasteiger partial charge is 0.191 e. The fraction of sp³-hybridized carbons (Fsp3) is 0.667. The normalized spacial score (nSPS) is 21.0. The standard InChI is InChI=1S/C21H35N3O.HI/c1-4-21(5-2,17-10-8-7-9-11-17)16-23-20(22-6-3)24-18-12-14-19(25)15-13-18;/h7-11,18-19,25H,4-6,12-16H2,1-3H3,(H2,22,23,24);1H. The molecule has 3 N–H and O–H groups in total. The van der Waals surface area contributed by atoms with Crippen LogP contribution in [-0.2, 0) is 5.41 Å². The molecule has 0 unspecified atom stereocenters. The van der Waals surface area contributed by atoms with Crippen molar-refractivity contribution in [1.29, 1.82) is 0 Å². The van der Waals surface area contributed by atoms with E-state index in [4.69, 9.17) is 4.99 Å². The second kappa shape index (κ2) is 11.8. The minimum atomic E-state index is -0.122. The van der Waals surface area contributed by atoms with Gasteiger partial charge in [-0.2, -0.15) is 0 Å². The molecule has 0 aromatic heterocycles. The largest absolute Gasteiger partial charge is 0.393 e. The minimum Gasteiger partial charge on any atom is -0.393 e. The number of benzene rings is 1. The van der Waals surface area contributed by atoms with Crippen molar-refractivity contribution in [2.24, 2.45) is 4.99 Å². The Morgan fingerprint density at radius 3 is 2.23 bits per heavy atom. The van der Waals surface area contributed by atoms with Crippen molar-refractivity contribution in [3.8, 4) is 0 Å². The summed E-state index contributed by atoms with van der Waals surface area (Å²) in [6, 6.07) is 11.2. The summed E-state index contributed by atoms with van der Waals surface area (Å²) in [5, 5.41) is 16.7. The molecule has 1 aromatic carbocycles. The zero-order valence-electron chi connectivity index (χ0n) is 16.5. The number of aliphatic imine (C=N–C) groups is 1. The van der Waals surface area contributed by atoms with Gasteiger partial charge in [-0.05, 0) is 51.0 Å². The van der Waals surface area contributed by atoms with Crippen LogP contribution in [0.1, 0.15) is 64.9 Å². The second-order valence-corrected chi connectivity index (χ2v) is 7.20. The molecule has 1 saturated carbocycles. The molecule has 26 heavy (non-hydrogen) atoms. The topological polar surface area (TPSA) is 56.7 Å². The molecule has 0 amide bonds. The Labute approximate surface area is 176 Å². The van der Waals surface area contributed by atoms with Crippen molar-refractivity contribution in [3.05, 3.63) is 35.9 Å². The highest BCUT2D eigenvalue weighted by Gasteiger charge is 2.28. The average molecular weight is 473 g/mol. The van der Waals surface area contributed by atoms with Crippen LogP contribution >= 0.6 is 24.0 Å². The van der Waals surface area contributed by atoms with Crippen molar-refractivity contribution >= 4 is 29.9 Å². The second-order valence-electron chi connectivity index (χ2n) is 7.20. The molecule has 0 aliphatic heterocycles. The lowest BCUT2D eigenvalue weighted by Crippen LogP contribution is -2.46. The lowest BCUT2D eigenvalue weighted by Gasteiger charge is -2.32. The third kappa shape index (κ3) is 6.41. The fourth-order valence-electron chi connectivity index (χ4n) is 3.73. The van der Waals surface area contributed by atoms with Crippen LogP contribution < -0.4 is 10.6 Å². The van der Waals surface area contributed by atoms with Crippen molar-refractivity contribution < 1.29 is 5.11 Å².